The molecule has 0 radical (unpaired) electrons. The molecule has 1 N–H and O–H groups in total. The highest BCUT2D eigenvalue weighted by molar-refractivity contribution is 5.87. The molecule has 98 valence electrons. The minimum atomic E-state index is -0.928. The quantitative estimate of drug-likeness (QED) is 0.892. The Kier molecular flexibility index (Phi) is 3.57. The molecule has 1 aromatic carbocycles. The van der Waals surface area contributed by atoms with E-state index in [0.29, 0.717) is 12.4 Å². The standard InChI is InChI=1S/C14H18O4/c1-14(2)8-7-12(18-14)9-17-11-5-3-10(4-6-11)13(15)16/h3-6,12H,7-9H2,1-2H3,(H,15,16). The number of ether oxygens (including phenoxy) is 2. The summed E-state index contributed by atoms with van der Waals surface area (Å²) >= 11 is 0. The lowest BCUT2D eigenvalue weighted by atomic mass is 10.1. The summed E-state index contributed by atoms with van der Waals surface area (Å²) in [6.45, 7) is 4.67. The van der Waals surface area contributed by atoms with E-state index in [0.717, 1.165) is 12.8 Å². The van der Waals surface area contributed by atoms with Crippen LogP contribution in [0.2, 0.25) is 0 Å². The minimum Gasteiger partial charge on any atom is -0.491 e. The zero-order chi connectivity index (χ0) is 13.2. The molecule has 1 aliphatic rings. The van der Waals surface area contributed by atoms with E-state index in [1.807, 2.05) is 0 Å². The predicted octanol–water partition coefficient (Wildman–Crippen LogP) is 2.72. The Hall–Kier alpha value is -1.55. The Morgan fingerprint density at radius 3 is 2.61 bits per heavy atom. The Labute approximate surface area is 107 Å². The maximum absolute atomic E-state index is 10.7. The van der Waals surface area contributed by atoms with Crippen molar-refractivity contribution in [1.29, 1.82) is 0 Å². The Bertz CT molecular complexity index is 422. The van der Waals surface area contributed by atoms with E-state index in [4.69, 9.17) is 14.6 Å². The first-order valence-electron chi connectivity index (χ1n) is 6.10. The van der Waals surface area contributed by atoms with Gasteiger partial charge in [0.1, 0.15) is 12.4 Å². The molecule has 1 unspecified atom stereocenters. The van der Waals surface area contributed by atoms with Crippen LogP contribution in [0.15, 0.2) is 24.3 Å². The van der Waals surface area contributed by atoms with Crippen molar-refractivity contribution < 1.29 is 19.4 Å². The van der Waals surface area contributed by atoms with Crippen molar-refractivity contribution in [3.8, 4) is 5.75 Å². The van der Waals surface area contributed by atoms with E-state index in [1.54, 1.807) is 12.1 Å². The molecule has 1 aromatic rings. The van der Waals surface area contributed by atoms with Gasteiger partial charge in [-0.15, -0.1) is 0 Å². The molecule has 1 aliphatic heterocycles. The monoisotopic (exact) mass is 250 g/mol. The normalized spacial score (nSPS) is 21.8. The molecule has 1 heterocycles. The van der Waals surface area contributed by atoms with Gasteiger partial charge in [-0.05, 0) is 51.0 Å². The van der Waals surface area contributed by atoms with Crippen LogP contribution in [-0.4, -0.2) is 29.4 Å². The summed E-state index contributed by atoms with van der Waals surface area (Å²) in [5, 5.41) is 8.78. The summed E-state index contributed by atoms with van der Waals surface area (Å²) in [6, 6.07) is 6.42. The molecule has 1 atom stereocenters. The predicted molar refractivity (Wildman–Crippen MR) is 67.1 cm³/mol. The van der Waals surface area contributed by atoms with Crippen LogP contribution in [0.5, 0.6) is 5.75 Å². The van der Waals surface area contributed by atoms with Crippen LogP contribution < -0.4 is 4.74 Å². The third kappa shape index (κ3) is 3.23. The highest BCUT2D eigenvalue weighted by Crippen LogP contribution is 2.29. The summed E-state index contributed by atoms with van der Waals surface area (Å²) < 4.78 is 11.4. The lowest BCUT2D eigenvalue weighted by Gasteiger charge is -2.19. The highest BCUT2D eigenvalue weighted by Gasteiger charge is 2.31. The summed E-state index contributed by atoms with van der Waals surface area (Å²) in [7, 11) is 0. The number of hydrogen-bond donors (Lipinski definition) is 1. The van der Waals surface area contributed by atoms with Gasteiger partial charge in [-0.3, -0.25) is 0 Å². The number of hydrogen-bond acceptors (Lipinski definition) is 3. The third-order valence-electron chi connectivity index (χ3n) is 3.09. The average Bonchev–Trinajstić information content (AvgIpc) is 2.67. The molecule has 0 saturated carbocycles. The second kappa shape index (κ2) is 4.98. The van der Waals surface area contributed by atoms with Gasteiger partial charge in [0.25, 0.3) is 0 Å². The molecule has 18 heavy (non-hydrogen) atoms. The van der Waals surface area contributed by atoms with Gasteiger partial charge in [-0.1, -0.05) is 0 Å². The van der Waals surface area contributed by atoms with Gasteiger partial charge in [0.2, 0.25) is 0 Å². The van der Waals surface area contributed by atoms with Crippen molar-refractivity contribution in [2.24, 2.45) is 0 Å². The maximum atomic E-state index is 10.7. The molecular weight excluding hydrogens is 232 g/mol. The van der Waals surface area contributed by atoms with E-state index < -0.39 is 5.97 Å². The Morgan fingerprint density at radius 1 is 1.44 bits per heavy atom. The van der Waals surface area contributed by atoms with Crippen molar-refractivity contribution in [2.75, 3.05) is 6.61 Å². The summed E-state index contributed by atoms with van der Waals surface area (Å²) in [5.41, 5.74) is 0.210. The molecule has 0 aliphatic carbocycles. The highest BCUT2D eigenvalue weighted by atomic mass is 16.6. The van der Waals surface area contributed by atoms with E-state index in [-0.39, 0.29) is 17.3 Å². The lowest BCUT2D eigenvalue weighted by molar-refractivity contribution is -0.0326. The van der Waals surface area contributed by atoms with Gasteiger partial charge >= 0.3 is 5.97 Å². The van der Waals surface area contributed by atoms with E-state index in [1.165, 1.54) is 12.1 Å². The number of benzene rings is 1. The van der Waals surface area contributed by atoms with Crippen LogP contribution in [-0.2, 0) is 4.74 Å². The molecular formula is C14H18O4. The fraction of sp³-hybridized carbons (Fsp3) is 0.500. The van der Waals surface area contributed by atoms with Gasteiger partial charge in [0.15, 0.2) is 0 Å². The van der Waals surface area contributed by atoms with Gasteiger partial charge in [-0.2, -0.15) is 0 Å². The smallest absolute Gasteiger partial charge is 0.335 e. The van der Waals surface area contributed by atoms with Crippen LogP contribution in [0.25, 0.3) is 0 Å². The first-order chi connectivity index (χ1) is 8.46. The van der Waals surface area contributed by atoms with Gasteiger partial charge in [-0.25, -0.2) is 4.79 Å². The first kappa shape index (κ1) is 12.9. The third-order valence-corrected chi connectivity index (χ3v) is 3.09. The van der Waals surface area contributed by atoms with Crippen LogP contribution in [0, 0.1) is 0 Å². The van der Waals surface area contributed by atoms with E-state index >= 15 is 0 Å². The first-order valence-corrected chi connectivity index (χ1v) is 6.10. The zero-order valence-corrected chi connectivity index (χ0v) is 10.7. The van der Waals surface area contributed by atoms with Crippen LogP contribution in [0.3, 0.4) is 0 Å². The number of carbonyl (C=O) groups is 1. The summed E-state index contributed by atoms with van der Waals surface area (Å²) in [5.74, 6) is -0.254. The largest absolute Gasteiger partial charge is 0.491 e. The van der Waals surface area contributed by atoms with Crippen molar-refractivity contribution in [3.63, 3.8) is 0 Å². The summed E-state index contributed by atoms with van der Waals surface area (Å²) in [6.07, 6.45) is 2.17. The molecule has 0 aromatic heterocycles. The van der Waals surface area contributed by atoms with Crippen molar-refractivity contribution in [2.45, 2.75) is 38.4 Å². The van der Waals surface area contributed by atoms with Crippen molar-refractivity contribution >= 4 is 5.97 Å². The maximum Gasteiger partial charge on any atom is 0.335 e. The Morgan fingerprint density at radius 2 is 2.11 bits per heavy atom. The fourth-order valence-electron chi connectivity index (χ4n) is 2.08. The van der Waals surface area contributed by atoms with Crippen molar-refractivity contribution in [1.82, 2.24) is 0 Å². The van der Waals surface area contributed by atoms with Crippen LogP contribution in [0.4, 0.5) is 0 Å². The lowest BCUT2D eigenvalue weighted by Crippen LogP contribution is -2.23. The number of aromatic carboxylic acids is 1. The molecule has 4 nitrogen and oxygen atoms in total. The topological polar surface area (TPSA) is 55.8 Å². The molecule has 1 fully saturated rings. The summed E-state index contributed by atoms with van der Waals surface area (Å²) in [4.78, 5) is 10.7. The molecule has 2 rings (SSSR count). The Balaban J connectivity index is 1.85. The zero-order valence-electron chi connectivity index (χ0n) is 10.7. The number of carboxylic acid groups (broad SMARTS) is 1. The SMILES string of the molecule is CC1(C)CCC(COc2ccc(C(=O)O)cc2)O1. The molecule has 4 heteroatoms. The molecule has 0 bridgehead atoms. The van der Waals surface area contributed by atoms with Crippen LogP contribution in [0.1, 0.15) is 37.0 Å². The van der Waals surface area contributed by atoms with Crippen molar-refractivity contribution in [3.05, 3.63) is 29.8 Å². The minimum absolute atomic E-state index is 0.0544. The molecule has 0 spiro atoms. The molecule has 1 saturated heterocycles. The molecule has 0 amide bonds. The number of carboxylic acids is 1. The van der Waals surface area contributed by atoms with Gasteiger partial charge in [0.05, 0.1) is 17.3 Å². The van der Waals surface area contributed by atoms with Crippen LogP contribution >= 0.6 is 0 Å². The average molecular weight is 250 g/mol. The second-order valence-electron chi connectivity index (χ2n) is 5.18. The fourth-order valence-corrected chi connectivity index (χ4v) is 2.08. The number of rotatable bonds is 4. The second-order valence-corrected chi connectivity index (χ2v) is 5.18. The van der Waals surface area contributed by atoms with E-state index in [9.17, 15) is 4.79 Å². The van der Waals surface area contributed by atoms with E-state index in [2.05, 4.69) is 13.8 Å². The van der Waals surface area contributed by atoms with Gasteiger partial charge < -0.3 is 14.6 Å². The van der Waals surface area contributed by atoms with Gasteiger partial charge in [0, 0.05) is 0 Å².